The Morgan fingerprint density at radius 2 is 2.08 bits per heavy atom. The minimum Gasteiger partial charge on any atom is -0.381 e. The molecule has 1 aliphatic heterocycles. The molecule has 0 radical (unpaired) electrons. The molecule has 10 heteroatoms. The van der Waals surface area contributed by atoms with Crippen molar-refractivity contribution in [2.75, 3.05) is 18.5 Å². The second-order valence-corrected chi connectivity index (χ2v) is 5.25. The molecule has 0 atom stereocenters. The van der Waals surface area contributed by atoms with Crippen molar-refractivity contribution in [1.82, 2.24) is 20.2 Å². The lowest BCUT2D eigenvalue weighted by Gasteiger charge is -2.25. The maximum Gasteiger partial charge on any atom is 0.268 e. The van der Waals surface area contributed by atoms with Crippen LogP contribution in [0.15, 0.2) is 12.4 Å². The van der Waals surface area contributed by atoms with Crippen molar-refractivity contribution in [3.63, 3.8) is 0 Å². The van der Waals surface area contributed by atoms with E-state index in [-0.39, 0.29) is 36.8 Å². The first-order chi connectivity index (χ1) is 10.7. The van der Waals surface area contributed by atoms with Crippen LogP contribution < -0.4 is 16.6 Å². The lowest BCUT2D eigenvalue weighted by Crippen LogP contribution is -2.33. The second-order valence-electron chi connectivity index (χ2n) is 5.25. The summed E-state index contributed by atoms with van der Waals surface area (Å²) in [5.41, 5.74) is 4.09. The molecule has 1 fully saturated rings. The Morgan fingerprint density at radius 3 is 2.71 bits per heavy atom. The Labute approximate surface area is 152 Å². The number of aromatic nitrogens is 3. The van der Waals surface area contributed by atoms with Crippen molar-refractivity contribution in [3.05, 3.63) is 18.0 Å². The topological polar surface area (TPSA) is 107 Å². The fourth-order valence-electron chi connectivity index (χ4n) is 2.71. The van der Waals surface area contributed by atoms with Crippen molar-refractivity contribution in [3.8, 4) is 0 Å². The van der Waals surface area contributed by atoms with Gasteiger partial charge < -0.3 is 10.1 Å². The van der Waals surface area contributed by atoms with Crippen LogP contribution in [-0.4, -0.2) is 39.9 Å². The van der Waals surface area contributed by atoms with Crippen LogP contribution >= 0.6 is 24.8 Å². The Morgan fingerprint density at radius 1 is 1.38 bits per heavy atom. The number of nitrogens with two attached hydrogens (primary N) is 1. The van der Waals surface area contributed by atoms with Gasteiger partial charge in [0, 0.05) is 32.0 Å². The van der Waals surface area contributed by atoms with E-state index in [9.17, 15) is 4.79 Å². The highest BCUT2D eigenvalue weighted by Gasteiger charge is 2.21. The molecule has 0 spiro atoms. The van der Waals surface area contributed by atoms with Crippen molar-refractivity contribution in [2.24, 2.45) is 5.84 Å². The maximum atomic E-state index is 12.0. The Hall–Kier alpha value is -1.61. The number of pyridine rings is 1. The molecule has 0 bridgehead atoms. The predicted octanol–water partition coefficient (Wildman–Crippen LogP) is 1.49. The number of anilines is 1. The van der Waals surface area contributed by atoms with Gasteiger partial charge in [0.15, 0.2) is 5.65 Å². The van der Waals surface area contributed by atoms with Gasteiger partial charge in [0.05, 0.1) is 22.8 Å². The molecule has 4 N–H and O–H groups in total. The zero-order valence-electron chi connectivity index (χ0n) is 13.3. The average molecular weight is 377 g/mol. The van der Waals surface area contributed by atoms with Crippen molar-refractivity contribution in [1.29, 1.82) is 0 Å². The summed E-state index contributed by atoms with van der Waals surface area (Å²) >= 11 is 0. The van der Waals surface area contributed by atoms with Crippen molar-refractivity contribution >= 4 is 47.4 Å². The van der Waals surface area contributed by atoms with E-state index in [0.29, 0.717) is 5.56 Å². The Kier molecular flexibility index (Phi) is 7.68. The second kappa shape index (κ2) is 9.03. The number of fused-ring (bicyclic) bond motifs is 1. The first-order valence-corrected chi connectivity index (χ1v) is 7.44. The molecular weight excluding hydrogens is 355 g/mol. The van der Waals surface area contributed by atoms with Crippen LogP contribution in [0.1, 0.15) is 30.1 Å². The SMILES string of the molecule is CCn1ncc2c(NC3CCOCC3)c(C(=O)NN)cnc21.Cl.Cl. The van der Waals surface area contributed by atoms with Gasteiger partial charge in [-0.1, -0.05) is 0 Å². The number of carbonyl (C=O) groups is 1. The van der Waals surface area contributed by atoms with E-state index in [1.807, 2.05) is 6.92 Å². The van der Waals surface area contributed by atoms with Gasteiger partial charge in [-0.15, -0.1) is 24.8 Å². The molecule has 8 nitrogen and oxygen atoms in total. The number of nitrogens with zero attached hydrogens (tertiary/aromatic N) is 3. The van der Waals surface area contributed by atoms with Crippen LogP contribution in [-0.2, 0) is 11.3 Å². The van der Waals surface area contributed by atoms with Gasteiger partial charge in [-0.3, -0.25) is 10.2 Å². The predicted molar refractivity (Wildman–Crippen MR) is 96.8 cm³/mol. The van der Waals surface area contributed by atoms with Gasteiger partial charge in [-0.25, -0.2) is 15.5 Å². The van der Waals surface area contributed by atoms with E-state index < -0.39 is 0 Å². The van der Waals surface area contributed by atoms with E-state index >= 15 is 0 Å². The molecule has 0 unspecified atom stereocenters. The van der Waals surface area contributed by atoms with E-state index in [1.165, 1.54) is 0 Å². The number of nitrogens with one attached hydrogen (secondary N) is 2. The lowest BCUT2D eigenvalue weighted by atomic mass is 10.1. The lowest BCUT2D eigenvalue weighted by molar-refractivity contribution is 0.0904. The van der Waals surface area contributed by atoms with Crippen LogP contribution in [0.2, 0.25) is 0 Å². The van der Waals surface area contributed by atoms with E-state index in [0.717, 1.165) is 49.3 Å². The standard InChI is InChI=1S/C14H20N6O2.2ClH/c1-2-20-13-10(8-17-20)12(11(7-16-13)14(21)19-15)18-9-3-5-22-6-4-9;;/h7-9H,2-6,15H2,1H3,(H,16,18)(H,19,21);2*1H. The number of rotatable bonds is 4. The Bertz CT molecular complexity index is 687. The summed E-state index contributed by atoms with van der Waals surface area (Å²) in [6.07, 6.45) is 5.08. The van der Waals surface area contributed by atoms with Gasteiger partial charge in [0.1, 0.15) is 0 Å². The number of hydrogen-bond donors (Lipinski definition) is 3. The summed E-state index contributed by atoms with van der Waals surface area (Å²) in [7, 11) is 0. The van der Waals surface area contributed by atoms with Crippen LogP contribution in [0.4, 0.5) is 5.69 Å². The van der Waals surface area contributed by atoms with Gasteiger partial charge in [0.2, 0.25) is 0 Å². The van der Waals surface area contributed by atoms with Crippen LogP contribution in [0, 0.1) is 0 Å². The monoisotopic (exact) mass is 376 g/mol. The molecule has 2 aromatic rings. The van der Waals surface area contributed by atoms with Gasteiger partial charge in [-0.2, -0.15) is 5.10 Å². The largest absolute Gasteiger partial charge is 0.381 e. The van der Waals surface area contributed by atoms with Gasteiger partial charge in [0.25, 0.3) is 5.91 Å². The zero-order chi connectivity index (χ0) is 15.5. The van der Waals surface area contributed by atoms with Gasteiger partial charge >= 0.3 is 0 Å². The van der Waals surface area contributed by atoms with E-state index in [1.54, 1.807) is 17.1 Å². The number of hydrogen-bond acceptors (Lipinski definition) is 6. The van der Waals surface area contributed by atoms with Crippen molar-refractivity contribution < 1.29 is 9.53 Å². The highest BCUT2D eigenvalue weighted by Crippen LogP contribution is 2.28. The third-order valence-corrected chi connectivity index (χ3v) is 3.91. The number of ether oxygens (including phenoxy) is 1. The summed E-state index contributed by atoms with van der Waals surface area (Å²) in [5.74, 6) is 4.92. The van der Waals surface area contributed by atoms with Gasteiger partial charge in [-0.05, 0) is 19.8 Å². The van der Waals surface area contributed by atoms with Crippen LogP contribution in [0.3, 0.4) is 0 Å². The summed E-state index contributed by atoms with van der Waals surface area (Å²) in [4.78, 5) is 16.4. The fraction of sp³-hybridized carbons (Fsp3) is 0.500. The van der Waals surface area contributed by atoms with Crippen LogP contribution in [0.25, 0.3) is 11.0 Å². The molecule has 0 aromatic carbocycles. The molecular formula is C14H22Cl2N6O2. The molecule has 1 aliphatic rings. The summed E-state index contributed by atoms with van der Waals surface area (Å²) < 4.78 is 7.18. The third-order valence-electron chi connectivity index (χ3n) is 3.91. The number of nitrogen functional groups attached to an aromatic ring is 1. The molecule has 3 rings (SSSR count). The summed E-state index contributed by atoms with van der Waals surface area (Å²) in [6.45, 7) is 4.16. The first kappa shape index (κ1) is 20.4. The number of carbonyl (C=O) groups excluding carboxylic acids is 1. The molecule has 3 heterocycles. The molecule has 0 aliphatic carbocycles. The summed E-state index contributed by atoms with van der Waals surface area (Å²) in [6, 6.07) is 0.258. The van der Waals surface area contributed by atoms with Crippen molar-refractivity contribution in [2.45, 2.75) is 32.4 Å². The molecule has 2 aromatic heterocycles. The third kappa shape index (κ3) is 3.89. The highest BCUT2D eigenvalue weighted by atomic mass is 35.5. The number of amides is 1. The first-order valence-electron chi connectivity index (χ1n) is 7.44. The molecule has 1 amide bonds. The molecule has 134 valence electrons. The quantitative estimate of drug-likeness (QED) is 0.423. The zero-order valence-corrected chi connectivity index (χ0v) is 15.0. The van der Waals surface area contributed by atoms with Crippen LogP contribution in [0.5, 0.6) is 0 Å². The smallest absolute Gasteiger partial charge is 0.268 e. The maximum absolute atomic E-state index is 12.0. The number of aryl methyl sites for hydroxylation is 1. The minimum absolute atomic E-state index is 0. The minimum atomic E-state index is -0.367. The number of hydrazine groups is 1. The average Bonchev–Trinajstić information content (AvgIpc) is 2.99. The molecule has 24 heavy (non-hydrogen) atoms. The highest BCUT2D eigenvalue weighted by molar-refractivity contribution is 6.06. The number of halogens is 2. The Balaban J connectivity index is 0.00000144. The molecule has 1 saturated heterocycles. The molecule has 0 saturated carbocycles. The summed E-state index contributed by atoms with van der Waals surface area (Å²) in [5, 5.41) is 8.60. The van der Waals surface area contributed by atoms with E-state index in [2.05, 4.69) is 20.8 Å². The van der Waals surface area contributed by atoms with E-state index in [4.69, 9.17) is 10.6 Å². The normalized spacial score (nSPS) is 14.6. The fourth-order valence-corrected chi connectivity index (χ4v) is 2.71.